The van der Waals surface area contributed by atoms with E-state index in [0.29, 0.717) is 12.3 Å². The number of para-hydroxylation sites is 2. The molecule has 0 aliphatic heterocycles. The van der Waals surface area contributed by atoms with E-state index in [1.54, 1.807) is 19.2 Å². The molecule has 6 aromatic rings. The Morgan fingerprint density at radius 3 is 1.06 bits per heavy atom. The zero-order valence-corrected chi connectivity index (χ0v) is 58.0. The lowest BCUT2D eigenvalue weighted by molar-refractivity contribution is 0.136. The van der Waals surface area contributed by atoms with Gasteiger partial charge in [-0.05, 0) is 207 Å². The van der Waals surface area contributed by atoms with E-state index in [0.717, 1.165) is 61.2 Å². The van der Waals surface area contributed by atoms with Gasteiger partial charge < -0.3 is 9.84 Å². The minimum Gasteiger partial charge on any atom is -0.508 e. The van der Waals surface area contributed by atoms with Crippen molar-refractivity contribution < 1.29 is 14.2 Å². The fraction of sp³-hybridized carbons (Fsp3) is 0.514. The molecule has 0 fully saturated rings. The van der Waals surface area contributed by atoms with Crippen molar-refractivity contribution in [2.24, 2.45) is 0 Å². The molecule has 0 atom stereocenters. The number of aromatic hydroxyl groups is 1. The van der Waals surface area contributed by atoms with Crippen LogP contribution in [0.25, 0.3) is 0 Å². The average Bonchev–Trinajstić information content (AvgIpc) is 3.46. The first-order valence-corrected chi connectivity index (χ1v) is 30.3. The summed E-state index contributed by atoms with van der Waals surface area (Å²) in [6.45, 7) is 48.1. The number of nitrogens with zero attached hydrogens (tertiary/aromatic N) is 6. The molecule has 6 rings (SSSR count). The van der Waals surface area contributed by atoms with Gasteiger partial charge in [-0.2, -0.15) is 0 Å². The topological polar surface area (TPSA) is 48.9 Å². The van der Waals surface area contributed by atoms with Gasteiger partial charge in [0.2, 0.25) is 0 Å². The number of rotatable bonds is 14. The van der Waals surface area contributed by atoms with Crippen LogP contribution in [0.1, 0.15) is 165 Å². The summed E-state index contributed by atoms with van der Waals surface area (Å²) in [6.07, 6.45) is 0. The molecule has 0 aromatic heterocycles. The maximum atomic E-state index is 13.3. The molecule has 84 heavy (non-hydrogen) atoms. The van der Waals surface area contributed by atoms with E-state index in [1.165, 1.54) is 28.3 Å². The lowest BCUT2D eigenvalue weighted by atomic mass is 10.0. The summed E-state index contributed by atoms with van der Waals surface area (Å²) < 4.78 is 18.6. The third-order valence-electron chi connectivity index (χ3n) is 15.3. The molecule has 8 nitrogen and oxygen atoms in total. The Bertz CT molecular complexity index is 2540. The SMILES string of the molecule is CCN(Cc1ccccc1)C(C)(C)C.CN(Cc1ccccc1)C(C)(C)C.CN(Cc1ccccc1Cl)C(C)(C)C.CN(Cc1ccccc1F)C(C)(C)C.CN(Cc1ccccc1O)C(C)(C)C.COc1ccccc1CN(C)C(C)(C)C. The lowest BCUT2D eigenvalue weighted by Crippen LogP contribution is -2.40. The lowest BCUT2D eigenvalue weighted by Gasteiger charge is -2.34. The molecule has 0 radical (unpaired) electrons. The second-order valence-electron chi connectivity index (χ2n) is 27.9. The fourth-order valence-electron chi connectivity index (χ4n) is 7.42. The molecule has 468 valence electrons. The molecule has 0 aliphatic carbocycles. The third-order valence-corrected chi connectivity index (χ3v) is 15.6. The van der Waals surface area contributed by atoms with Crippen LogP contribution in [0.4, 0.5) is 4.39 Å². The number of methoxy groups -OCH3 is 1. The number of phenolic OH excluding ortho intramolecular Hbond substituents is 1. The molecule has 6 aromatic carbocycles. The van der Waals surface area contributed by atoms with E-state index in [1.807, 2.05) is 73.8 Å². The van der Waals surface area contributed by atoms with Crippen LogP contribution < -0.4 is 4.74 Å². The predicted octanol–water partition coefficient (Wildman–Crippen LogP) is 18.4. The number of phenols is 1. The van der Waals surface area contributed by atoms with Crippen LogP contribution in [0.5, 0.6) is 11.5 Å². The highest BCUT2D eigenvalue weighted by atomic mass is 35.5. The van der Waals surface area contributed by atoms with Gasteiger partial charge in [-0.25, -0.2) is 4.39 Å². The summed E-state index contributed by atoms with van der Waals surface area (Å²) in [4.78, 5) is 13.8. The van der Waals surface area contributed by atoms with Gasteiger partial charge >= 0.3 is 0 Å². The summed E-state index contributed by atoms with van der Waals surface area (Å²) >= 11 is 6.09. The second kappa shape index (κ2) is 36.1. The molecule has 0 bridgehead atoms. The Morgan fingerprint density at radius 1 is 0.369 bits per heavy atom. The monoisotopic (exact) mass is 1170 g/mol. The van der Waals surface area contributed by atoms with E-state index < -0.39 is 0 Å². The summed E-state index contributed by atoms with van der Waals surface area (Å²) in [6, 6.07) is 51.8. The molecule has 0 amide bonds. The van der Waals surface area contributed by atoms with Crippen molar-refractivity contribution in [3.05, 3.63) is 202 Å². The first-order chi connectivity index (χ1) is 38.7. The Morgan fingerprint density at radius 2 is 0.679 bits per heavy atom. The zero-order chi connectivity index (χ0) is 64.3. The van der Waals surface area contributed by atoms with Crippen molar-refractivity contribution in [3.63, 3.8) is 0 Å². The van der Waals surface area contributed by atoms with E-state index in [4.69, 9.17) is 16.3 Å². The van der Waals surface area contributed by atoms with Crippen LogP contribution in [-0.2, 0) is 39.3 Å². The van der Waals surface area contributed by atoms with Crippen molar-refractivity contribution >= 4 is 11.6 Å². The molecule has 10 heteroatoms. The van der Waals surface area contributed by atoms with E-state index in [9.17, 15) is 9.50 Å². The molecule has 0 saturated carbocycles. The van der Waals surface area contributed by atoms with Gasteiger partial charge in [-0.15, -0.1) is 0 Å². The van der Waals surface area contributed by atoms with Gasteiger partial charge in [0, 0.05) is 94.2 Å². The molecule has 0 spiro atoms. The van der Waals surface area contributed by atoms with E-state index >= 15 is 0 Å². The standard InChI is InChI=1S/C13H21NO.C13H21N.C12H18ClN.C12H18FN.C12H19NO.C12H19N/c1-13(2,3)14(4)10-11-8-6-7-9-12(11)15-5;1-5-14(13(2,3)4)11-12-9-7-6-8-10-12;2*1-12(2,3)14(4)9-10-7-5-6-8-11(10)13;1-12(2,3)13(4)9-10-7-5-6-8-11(10)14;1-12(2,3)13(4)10-11-8-6-5-7-9-11/h6-9H,10H2,1-5H3;6-10H,5,11H2,1-4H3;2*5-8H,9H2,1-4H3;5-8,14H,9H2,1-4H3;5-9H,10H2,1-4H3. The highest BCUT2D eigenvalue weighted by Gasteiger charge is 2.22. The van der Waals surface area contributed by atoms with E-state index in [2.05, 4.69) is 262 Å². The van der Waals surface area contributed by atoms with Gasteiger partial charge in [0.1, 0.15) is 17.3 Å². The second-order valence-corrected chi connectivity index (χ2v) is 28.3. The first-order valence-electron chi connectivity index (χ1n) is 30.0. The van der Waals surface area contributed by atoms with E-state index in [-0.39, 0.29) is 39.1 Å². The maximum Gasteiger partial charge on any atom is 0.127 e. The van der Waals surface area contributed by atoms with Crippen LogP contribution in [0.3, 0.4) is 0 Å². The third kappa shape index (κ3) is 31.3. The van der Waals surface area contributed by atoms with Crippen LogP contribution in [0.15, 0.2) is 158 Å². The van der Waals surface area contributed by atoms with Gasteiger partial charge in [0.15, 0.2) is 0 Å². The summed E-state index contributed by atoms with van der Waals surface area (Å²) in [5, 5.41) is 10.4. The summed E-state index contributed by atoms with van der Waals surface area (Å²) in [5.74, 6) is 1.22. The number of halogens is 2. The van der Waals surface area contributed by atoms with Crippen molar-refractivity contribution in [2.45, 2.75) is 204 Å². The Balaban J connectivity index is 0.000000504. The summed E-state index contributed by atoms with van der Waals surface area (Å²) in [7, 11) is 12.2. The number of hydrogen-bond donors (Lipinski definition) is 1. The molecule has 0 aliphatic rings. The summed E-state index contributed by atoms with van der Waals surface area (Å²) in [5.41, 5.74) is 7.98. The van der Waals surface area contributed by atoms with Crippen molar-refractivity contribution in [1.82, 2.24) is 29.4 Å². The van der Waals surface area contributed by atoms with Crippen LogP contribution in [-0.4, -0.2) is 117 Å². The molecule has 0 heterocycles. The molecule has 0 unspecified atom stereocenters. The molecule has 0 saturated heterocycles. The minimum atomic E-state index is -0.122. The molecular weight excluding hydrogens is 1060 g/mol. The van der Waals surface area contributed by atoms with Gasteiger partial charge in [0.05, 0.1) is 7.11 Å². The minimum absolute atomic E-state index is 0.0717. The zero-order valence-electron chi connectivity index (χ0n) is 57.3. The quantitative estimate of drug-likeness (QED) is 0.116. The van der Waals surface area contributed by atoms with Crippen LogP contribution in [0.2, 0.25) is 5.02 Å². The highest BCUT2D eigenvalue weighted by Crippen LogP contribution is 2.25. The first kappa shape index (κ1) is 76.9. The smallest absolute Gasteiger partial charge is 0.127 e. The maximum absolute atomic E-state index is 13.3. The van der Waals surface area contributed by atoms with Crippen molar-refractivity contribution in [3.8, 4) is 11.5 Å². The molecular formula is C74H116ClFN6O2. The Labute approximate surface area is 519 Å². The number of hydrogen-bond acceptors (Lipinski definition) is 8. The molecule has 1 N–H and O–H groups in total. The highest BCUT2D eigenvalue weighted by molar-refractivity contribution is 6.31. The van der Waals surface area contributed by atoms with Crippen LogP contribution >= 0.6 is 11.6 Å². The van der Waals surface area contributed by atoms with Crippen LogP contribution in [0, 0.1) is 5.82 Å². The van der Waals surface area contributed by atoms with Gasteiger partial charge in [0.25, 0.3) is 0 Å². The predicted molar refractivity (Wildman–Crippen MR) is 364 cm³/mol. The Kier molecular flexibility index (Phi) is 33.1. The average molecular weight is 1180 g/mol. The number of benzene rings is 6. The fourth-order valence-corrected chi connectivity index (χ4v) is 7.62. The normalized spacial score (nSPS) is 12.1. The van der Waals surface area contributed by atoms with Gasteiger partial charge in [-0.1, -0.05) is 152 Å². The van der Waals surface area contributed by atoms with Crippen molar-refractivity contribution in [1.29, 1.82) is 0 Å². The largest absolute Gasteiger partial charge is 0.508 e. The van der Waals surface area contributed by atoms with Crippen molar-refractivity contribution in [2.75, 3.05) is 48.9 Å². The van der Waals surface area contributed by atoms with Gasteiger partial charge in [-0.3, -0.25) is 29.4 Å². The number of ether oxygens (including phenoxy) is 1. The Hall–Kier alpha value is -5.10.